The minimum absolute atomic E-state index is 0.00631. The van der Waals surface area contributed by atoms with Gasteiger partial charge in [-0.05, 0) is 44.7 Å². The number of ketones is 4. The van der Waals surface area contributed by atoms with Crippen LogP contribution < -0.4 is 10.6 Å². The lowest BCUT2D eigenvalue weighted by Gasteiger charge is -2.22. The van der Waals surface area contributed by atoms with Crippen molar-refractivity contribution in [2.24, 2.45) is 17.8 Å². The van der Waals surface area contributed by atoms with Crippen LogP contribution >= 0.6 is 0 Å². The van der Waals surface area contributed by atoms with Gasteiger partial charge in [0.05, 0.1) is 211 Å². The zero-order valence-electron chi connectivity index (χ0n) is 56.5. The molecule has 1 aromatic rings. The number of rotatable bonds is 71. The maximum Gasteiger partial charge on any atom is 0.254 e. The van der Waals surface area contributed by atoms with E-state index in [4.69, 9.17) is 75.8 Å². The fourth-order valence-corrected chi connectivity index (χ4v) is 8.33. The van der Waals surface area contributed by atoms with Crippen molar-refractivity contribution in [1.29, 1.82) is 0 Å². The van der Waals surface area contributed by atoms with Gasteiger partial charge in [-0.1, -0.05) is 39.8 Å². The van der Waals surface area contributed by atoms with E-state index in [1.807, 2.05) is 27.7 Å². The molecule has 0 saturated heterocycles. The van der Waals surface area contributed by atoms with Crippen molar-refractivity contribution in [3.63, 3.8) is 0 Å². The molecule has 27 heteroatoms. The zero-order chi connectivity index (χ0) is 67.9. The van der Waals surface area contributed by atoms with Gasteiger partial charge >= 0.3 is 0 Å². The van der Waals surface area contributed by atoms with Crippen LogP contribution in [0.3, 0.4) is 0 Å². The third-order valence-electron chi connectivity index (χ3n) is 13.9. The van der Waals surface area contributed by atoms with E-state index in [2.05, 4.69) is 10.6 Å². The Kier molecular flexibility index (Phi) is 58.9. The summed E-state index contributed by atoms with van der Waals surface area (Å²) in [5, 5.41) is 5.46. The maximum atomic E-state index is 13.7. The molecule has 0 radical (unpaired) electrons. The average Bonchev–Trinajstić information content (AvgIpc) is 1.44. The van der Waals surface area contributed by atoms with E-state index in [1.54, 1.807) is 12.1 Å². The maximum absolute atomic E-state index is 13.7. The summed E-state index contributed by atoms with van der Waals surface area (Å²) in [5.41, 5.74) is 0.708. The molecule has 0 aliphatic carbocycles. The van der Waals surface area contributed by atoms with Crippen LogP contribution in [0.5, 0.6) is 0 Å². The van der Waals surface area contributed by atoms with E-state index in [0.717, 1.165) is 11.2 Å². The second-order valence-electron chi connectivity index (χ2n) is 21.1. The summed E-state index contributed by atoms with van der Waals surface area (Å²) in [7, 11) is 0. The van der Waals surface area contributed by atoms with Crippen molar-refractivity contribution >= 4 is 47.1 Å². The van der Waals surface area contributed by atoms with Crippen molar-refractivity contribution in [2.45, 2.75) is 86.0 Å². The van der Waals surface area contributed by atoms with Gasteiger partial charge in [0.15, 0.2) is 5.78 Å². The number of carbonyl (C=O) groups excluding carboxylic acids is 8. The van der Waals surface area contributed by atoms with Crippen LogP contribution in [0.1, 0.15) is 107 Å². The second kappa shape index (κ2) is 63.4. The molecule has 1 aromatic carbocycles. The van der Waals surface area contributed by atoms with Gasteiger partial charge in [0, 0.05) is 67.7 Å². The van der Waals surface area contributed by atoms with E-state index >= 15 is 0 Å². The Labute approximate surface area is 551 Å². The first-order valence-corrected chi connectivity index (χ1v) is 33.1. The topological polar surface area (TPSA) is 312 Å². The second-order valence-corrected chi connectivity index (χ2v) is 21.1. The largest absolute Gasteiger partial charge is 0.379 e. The highest BCUT2D eigenvalue weighted by Crippen LogP contribution is 2.18. The van der Waals surface area contributed by atoms with Gasteiger partial charge in [0.25, 0.3) is 5.91 Å². The molecule has 0 aliphatic rings. The fraction of sp³-hybridized carbons (Fsp3) is 0.788. The molecule has 536 valence electrons. The number of nitrogens with one attached hydrogen (secondary N) is 2. The van der Waals surface area contributed by atoms with Crippen LogP contribution in [-0.2, 0) is 105 Å². The minimum atomic E-state index is -0.553. The fourth-order valence-electron chi connectivity index (χ4n) is 8.33. The number of Topliss-reactive ketones (excluding diaryl/α,β-unsaturated/α-hetero) is 4. The van der Waals surface area contributed by atoms with Crippen molar-refractivity contribution in [3.05, 3.63) is 35.4 Å². The van der Waals surface area contributed by atoms with Crippen LogP contribution in [0, 0.1) is 17.8 Å². The molecular formula is C66H113N3O24. The first kappa shape index (κ1) is 86.4. The Morgan fingerprint density at radius 2 is 0.634 bits per heavy atom. The number of aldehydes is 1. The molecule has 2 atom stereocenters. The van der Waals surface area contributed by atoms with Gasteiger partial charge in [0.2, 0.25) is 11.8 Å². The summed E-state index contributed by atoms with van der Waals surface area (Å²) in [4.78, 5) is 100. The lowest BCUT2D eigenvalue weighted by Crippen LogP contribution is -2.46. The Morgan fingerprint density at radius 1 is 0.366 bits per heavy atom. The highest BCUT2D eigenvalue weighted by molar-refractivity contribution is 6.01. The molecule has 0 saturated carbocycles. The third kappa shape index (κ3) is 51.3. The summed E-state index contributed by atoms with van der Waals surface area (Å²) >= 11 is 0. The normalized spacial score (nSPS) is 12.1. The van der Waals surface area contributed by atoms with Gasteiger partial charge in [-0.3, -0.25) is 33.6 Å². The summed E-state index contributed by atoms with van der Waals surface area (Å²) in [6, 6.07) is 6.25. The summed E-state index contributed by atoms with van der Waals surface area (Å²) in [6.07, 6.45) is 4.67. The van der Waals surface area contributed by atoms with Crippen LogP contribution in [-0.4, -0.2) is 290 Å². The Morgan fingerprint density at radius 3 is 0.903 bits per heavy atom. The molecule has 0 spiro atoms. The molecular weight excluding hydrogens is 1220 g/mol. The molecule has 0 bridgehead atoms. The Balaban J connectivity index is 2.13. The van der Waals surface area contributed by atoms with Crippen molar-refractivity contribution in [3.8, 4) is 0 Å². The number of benzene rings is 1. The van der Waals surface area contributed by atoms with Crippen LogP contribution in [0.25, 0.3) is 0 Å². The van der Waals surface area contributed by atoms with Gasteiger partial charge in [0.1, 0.15) is 36.7 Å². The average molecular weight is 1330 g/mol. The molecule has 27 nitrogen and oxygen atoms in total. The van der Waals surface area contributed by atoms with E-state index in [0.29, 0.717) is 229 Å². The first-order chi connectivity index (χ1) is 45.4. The van der Waals surface area contributed by atoms with E-state index < -0.39 is 30.8 Å². The van der Waals surface area contributed by atoms with E-state index in [-0.39, 0.29) is 98.8 Å². The molecule has 93 heavy (non-hydrogen) atoms. The number of hydrogen-bond acceptors (Lipinski definition) is 24. The lowest BCUT2D eigenvalue weighted by atomic mass is 9.92. The zero-order valence-corrected chi connectivity index (χ0v) is 56.5. The Hall–Kier alpha value is -4.66. The predicted octanol–water partition coefficient (Wildman–Crippen LogP) is 3.78. The molecule has 2 unspecified atom stereocenters. The smallest absolute Gasteiger partial charge is 0.254 e. The SMILES string of the molecule is CCC(C=O)CC(=O)CCOCCOCCOCCOCCOCCOCCOCCOCCNC(=O)CN(CC(=O)NCCOCCOCCOCCOCCOCCOCCOCCOCCC(=O)CC(CC)C(C)=O)C(=O)c1ccc(C(=O)C(CC)CC)cc1. The van der Waals surface area contributed by atoms with Gasteiger partial charge in [-0.15, -0.1) is 0 Å². The number of amides is 3. The van der Waals surface area contributed by atoms with Crippen LogP contribution in [0.2, 0.25) is 0 Å². The number of nitrogens with zero attached hydrogens (tertiary/aromatic N) is 1. The summed E-state index contributed by atoms with van der Waals surface area (Å²) in [6.45, 7) is 20.6. The van der Waals surface area contributed by atoms with Crippen molar-refractivity contribution < 1.29 is 114 Å². The van der Waals surface area contributed by atoms with Gasteiger partial charge in [-0.2, -0.15) is 0 Å². The monoisotopic (exact) mass is 1330 g/mol. The molecule has 0 heterocycles. The summed E-state index contributed by atoms with van der Waals surface area (Å²) < 4.78 is 88.1. The quantitative estimate of drug-likeness (QED) is 0.0532. The van der Waals surface area contributed by atoms with Crippen LogP contribution in [0.15, 0.2) is 24.3 Å². The number of ether oxygens (including phenoxy) is 16. The number of hydrogen-bond donors (Lipinski definition) is 2. The molecule has 0 aromatic heterocycles. The number of carbonyl (C=O) groups is 8. The lowest BCUT2D eigenvalue weighted by molar-refractivity contribution is -0.127. The Bertz CT molecular complexity index is 2040. The molecule has 0 fully saturated rings. The van der Waals surface area contributed by atoms with Crippen molar-refractivity contribution in [2.75, 3.05) is 238 Å². The van der Waals surface area contributed by atoms with E-state index in [9.17, 15) is 38.4 Å². The van der Waals surface area contributed by atoms with Crippen LogP contribution in [0.4, 0.5) is 0 Å². The van der Waals surface area contributed by atoms with Gasteiger partial charge < -0.3 is 96.1 Å². The first-order valence-electron chi connectivity index (χ1n) is 33.1. The standard InChI is InChI=1S/C66H113N3O24/c1-6-56(54-70)50-61(72)14-18-78-22-26-82-30-34-86-38-42-90-46-48-92-44-40-88-36-32-84-28-24-80-20-16-67-63(74)52-69(66(77)60-12-10-59(11-13-60)65(76)57(7-2)8-3)53-64(75)68-17-21-81-25-29-85-33-37-89-41-45-93-49-47-91-43-39-87-35-31-83-27-23-79-19-15-62(73)51-58(9-4)55(5)71/h10-13,54,56-58H,6-9,14-53H2,1-5H3,(H,67,74)(H,68,75). The van der Waals surface area contributed by atoms with Crippen molar-refractivity contribution in [1.82, 2.24) is 15.5 Å². The molecule has 1 rings (SSSR count). The molecule has 2 N–H and O–H groups in total. The van der Waals surface area contributed by atoms with Gasteiger partial charge in [-0.25, -0.2) is 0 Å². The molecule has 3 amide bonds. The molecule has 0 aliphatic heterocycles. The predicted molar refractivity (Wildman–Crippen MR) is 343 cm³/mol. The van der Waals surface area contributed by atoms with E-state index in [1.165, 1.54) is 19.1 Å². The third-order valence-corrected chi connectivity index (χ3v) is 13.9. The highest BCUT2D eigenvalue weighted by Gasteiger charge is 2.24. The highest BCUT2D eigenvalue weighted by atomic mass is 16.6. The summed E-state index contributed by atoms with van der Waals surface area (Å²) in [5.74, 6) is -1.97. The minimum Gasteiger partial charge on any atom is -0.379 e.